The van der Waals surface area contributed by atoms with Crippen molar-refractivity contribution in [3.05, 3.63) is 54.4 Å². The average molecular weight is 258 g/mol. The maximum absolute atomic E-state index is 12.0. The van der Waals surface area contributed by atoms with E-state index in [-0.39, 0.29) is 12.5 Å². The third-order valence-electron chi connectivity index (χ3n) is 2.98. The molecule has 0 bridgehead atoms. The molecule has 1 amide bonds. The molecule has 1 unspecified atom stereocenters. The summed E-state index contributed by atoms with van der Waals surface area (Å²) in [6.07, 6.45) is 4.00. The molecule has 0 radical (unpaired) electrons. The van der Waals surface area contributed by atoms with Crippen LogP contribution in [0.5, 0.6) is 0 Å². The van der Waals surface area contributed by atoms with Crippen LogP contribution in [0.2, 0.25) is 0 Å². The normalized spacial score (nSPS) is 12.1. The molecule has 100 valence electrons. The molecular weight excluding hydrogens is 240 g/mol. The number of rotatable bonds is 5. The number of aliphatic hydroxyl groups excluding tert-OH is 1. The highest BCUT2D eigenvalue weighted by molar-refractivity contribution is 5.94. The van der Waals surface area contributed by atoms with E-state index in [1.165, 1.54) is 0 Å². The van der Waals surface area contributed by atoms with Crippen LogP contribution in [0.4, 0.5) is 0 Å². The SMILES string of the molecule is CCC(O)CNC(=O)c1cccc(-n2cccc2)c1. The monoisotopic (exact) mass is 258 g/mol. The number of amides is 1. The highest BCUT2D eigenvalue weighted by Gasteiger charge is 2.08. The van der Waals surface area contributed by atoms with E-state index in [2.05, 4.69) is 5.32 Å². The number of aromatic nitrogens is 1. The molecule has 0 saturated heterocycles. The van der Waals surface area contributed by atoms with Gasteiger partial charge in [0.2, 0.25) is 0 Å². The van der Waals surface area contributed by atoms with E-state index < -0.39 is 6.10 Å². The number of benzene rings is 1. The average Bonchev–Trinajstić information content (AvgIpc) is 2.98. The predicted molar refractivity (Wildman–Crippen MR) is 74.4 cm³/mol. The minimum absolute atomic E-state index is 0.165. The molecule has 2 N–H and O–H groups in total. The lowest BCUT2D eigenvalue weighted by molar-refractivity contribution is 0.0914. The summed E-state index contributed by atoms with van der Waals surface area (Å²) < 4.78 is 1.94. The summed E-state index contributed by atoms with van der Waals surface area (Å²) in [5.41, 5.74) is 1.53. The van der Waals surface area contributed by atoms with Gasteiger partial charge in [-0.15, -0.1) is 0 Å². The number of nitrogens with zero attached hydrogens (tertiary/aromatic N) is 1. The van der Waals surface area contributed by atoms with Crippen LogP contribution in [-0.2, 0) is 0 Å². The highest BCUT2D eigenvalue weighted by Crippen LogP contribution is 2.11. The summed E-state index contributed by atoms with van der Waals surface area (Å²) in [4.78, 5) is 12.0. The van der Waals surface area contributed by atoms with Gasteiger partial charge in [-0.25, -0.2) is 0 Å². The second-order valence-corrected chi connectivity index (χ2v) is 4.41. The molecule has 0 aliphatic rings. The summed E-state index contributed by atoms with van der Waals surface area (Å²) in [6, 6.07) is 11.3. The van der Waals surface area contributed by atoms with Crippen molar-refractivity contribution in [3.8, 4) is 5.69 Å². The fraction of sp³-hybridized carbons (Fsp3) is 0.267. The summed E-state index contributed by atoms with van der Waals surface area (Å²) in [5, 5.41) is 12.2. The minimum Gasteiger partial charge on any atom is -0.391 e. The van der Waals surface area contributed by atoms with Gasteiger partial charge in [0.05, 0.1) is 6.10 Å². The van der Waals surface area contributed by atoms with Gasteiger partial charge in [0.15, 0.2) is 0 Å². The Balaban J connectivity index is 2.08. The second kappa shape index (κ2) is 6.20. The Hall–Kier alpha value is -2.07. The summed E-state index contributed by atoms with van der Waals surface area (Å²) in [7, 11) is 0. The van der Waals surface area contributed by atoms with Crippen molar-refractivity contribution < 1.29 is 9.90 Å². The van der Waals surface area contributed by atoms with Gasteiger partial charge in [-0.3, -0.25) is 4.79 Å². The molecule has 1 heterocycles. The van der Waals surface area contributed by atoms with Crippen LogP contribution in [0.25, 0.3) is 5.69 Å². The summed E-state index contributed by atoms with van der Waals surface area (Å²) in [5.74, 6) is -0.165. The molecule has 0 aliphatic heterocycles. The molecule has 0 spiro atoms. The van der Waals surface area contributed by atoms with Crippen molar-refractivity contribution in [3.63, 3.8) is 0 Å². The Morgan fingerprint density at radius 2 is 2.05 bits per heavy atom. The van der Waals surface area contributed by atoms with E-state index in [9.17, 15) is 9.90 Å². The first-order chi connectivity index (χ1) is 9.20. The van der Waals surface area contributed by atoms with E-state index in [0.717, 1.165) is 5.69 Å². The number of hydrogen-bond acceptors (Lipinski definition) is 2. The fourth-order valence-electron chi connectivity index (χ4n) is 1.77. The number of hydrogen-bond donors (Lipinski definition) is 2. The standard InChI is InChI=1S/C15H18N2O2/c1-2-14(18)11-16-15(19)12-6-5-7-13(10-12)17-8-3-4-9-17/h3-10,14,18H,2,11H2,1H3,(H,16,19). The van der Waals surface area contributed by atoms with Gasteiger partial charge >= 0.3 is 0 Å². The first kappa shape index (κ1) is 13.4. The zero-order chi connectivity index (χ0) is 13.7. The minimum atomic E-state index is -0.489. The topological polar surface area (TPSA) is 54.3 Å². The Labute approximate surface area is 112 Å². The molecule has 0 fully saturated rings. The first-order valence-corrected chi connectivity index (χ1v) is 6.40. The number of carbonyl (C=O) groups is 1. The van der Waals surface area contributed by atoms with Gasteiger partial charge in [0, 0.05) is 30.2 Å². The van der Waals surface area contributed by atoms with Gasteiger partial charge in [-0.2, -0.15) is 0 Å². The largest absolute Gasteiger partial charge is 0.391 e. The summed E-state index contributed by atoms with van der Waals surface area (Å²) >= 11 is 0. The lowest BCUT2D eigenvalue weighted by atomic mass is 10.2. The predicted octanol–water partition coefficient (Wildman–Crippen LogP) is 1.98. The molecular formula is C15H18N2O2. The van der Waals surface area contributed by atoms with Gasteiger partial charge in [-0.05, 0) is 36.8 Å². The molecule has 1 aromatic heterocycles. The molecule has 2 rings (SSSR count). The molecule has 4 nitrogen and oxygen atoms in total. The Morgan fingerprint density at radius 1 is 1.32 bits per heavy atom. The Bertz CT molecular complexity index is 535. The number of aliphatic hydroxyl groups is 1. The van der Waals surface area contributed by atoms with Gasteiger partial charge in [-0.1, -0.05) is 13.0 Å². The van der Waals surface area contributed by atoms with Crippen LogP contribution in [0.1, 0.15) is 23.7 Å². The maximum atomic E-state index is 12.0. The van der Waals surface area contributed by atoms with E-state index in [1.807, 2.05) is 54.2 Å². The van der Waals surface area contributed by atoms with Crippen LogP contribution in [0, 0.1) is 0 Å². The third kappa shape index (κ3) is 3.45. The zero-order valence-electron chi connectivity index (χ0n) is 10.9. The third-order valence-corrected chi connectivity index (χ3v) is 2.98. The second-order valence-electron chi connectivity index (χ2n) is 4.41. The van der Waals surface area contributed by atoms with Crippen molar-refractivity contribution >= 4 is 5.91 Å². The van der Waals surface area contributed by atoms with Crippen LogP contribution in [-0.4, -0.2) is 28.2 Å². The van der Waals surface area contributed by atoms with Crippen LogP contribution < -0.4 is 5.32 Å². The number of nitrogens with one attached hydrogen (secondary N) is 1. The van der Waals surface area contributed by atoms with Crippen LogP contribution in [0.15, 0.2) is 48.8 Å². The lowest BCUT2D eigenvalue weighted by Crippen LogP contribution is -2.31. The van der Waals surface area contributed by atoms with Crippen molar-refractivity contribution in [2.24, 2.45) is 0 Å². The van der Waals surface area contributed by atoms with Gasteiger partial charge in [0.25, 0.3) is 5.91 Å². The number of carbonyl (C=O) groups excluding carboxylic acids is 1. The lowest BCUT2D eigenvalue weighted by Gasteiger charge is -2.10. The smallest absolute Gasteiger partial charge is 0.251 e. The van der Waals surface area contributed by atoms with Crippen LogP contribution >= 0.6 is 0 Å². The van der Waals surface area contributed by atoms with Gasteiger partial charge in [0.1, 0.15) is 0 Å². The van der Waals surface area contributed by atoms with Crippen LogP contribution in [0.3, 0.4) is 0 Å². The van der Waals surface area contributed by atoms with E-state index >= 15 is 0 Å². The zero-order valence-corrected chi connectivity index (χ0v) is 10.9. The molecule has 4 heteroatoms. The summed E-state index contributed by atoms with van der Waals surface area (Å²) in [6.45, 7) is 2.16. The quantitative estimate of drug-likeness (QED) is 0.861. The first-order valence-electron chi connectivity index (χ1n) is 6.40. The van der Waals surface area contributed by atoms with Crippen molar-refractivity contribution in [1.82, 2.24) is 9.88 Å². The fourth-order valence-corrected chi connectivity index (χ4v) is 1.77. The maximum Gasteiger partial charge on any atom is 0.251 e. The molecule has 1 atom stereocenters. The molecule has 19 heavy (non-hydrogen) atoms. The van der Waals surface area contributed by atoms with Gasteiger partial charge < -0.3 is 15.0 Å². The van der Waals surface area contributed by atoms with E-state index in [1.54, 1.807) is 6.07 Å². The van der Waals surface area contributed by atoms with Crippen molar-refractivity contribution in [1.29, 1.82) is 0 Å². The van der Waals surface area contributed by atoms with Crippen molar-refractivity contribution in [2.45, 2.75) is 19.4 Å². The van der Waals surface area contributed by atoms with E-state index in [0.29, 0.717) is 12.0 Å². The molecule has 2 aromatic rings. The highest BCUT2D eigenvalue weighted by atomic mass is 16.3. The molecule has 0 aliphatic carbocycles. The molecule has 1 aromatic carbocycles. The van der Waals surface area contributed by atoms with Crippen molar-refractivity contribution in [2.75, 3.05) is 6.54 Å². The molecule has 0 saturated carbocycles. The van der Waals surface area contributed by atoms with E-state index in [4.69, 9.17) is 0 Å². The Morgan fingerprint density at radius 3 is 2.74 bits per heavy atom. The Kier molecular flexibility index (Phi) is 4.36.